The Bertz CT molecular complexity index is 228. The van der Waals surface area contributed by atoms with E-state index >= 15 is 0 Å². The van der Waals surface area contributed by atoms with Crippen molar-refractivity contribution in [2.45, 2.75) is 52.5 Å². The van der Waals surface area contributed by atoms with Gasteiger partial charge in [0.25, 0.3) is 0 Å². The minimum atomic E-state index is 1.12. The fraction of sp³-hybridized carbons (Fsp3) is 0.727. The van der Waals surface area contributed by atoms with Crippen LogP contribution in [0.25, 0.3) is 0 Å². The smallest absolute Gasteiger partial charge is 0.0949 e. The Morgan fingerprint density at radius 2 is 2.00 bits per heavy atom. The lowest BCUT2D eigenvalue weighted by Gasteiger charge is -2.01. The minimum absolute atomic E-state index is 1.12. The van der Waals surface area contributed by atoms with Crippen LogP contribution in [0.1, 0.15) is 44.7 Å². The van der Waals surface area contributed by atoms with Gasteiger partial charge < -0.3 is 4.57 Å². The van der Waals surface area contributed by atoms with Crippen molar-refractivity contribution >= 4 is 0 Å². The normalized spacial score (nSPS) is 10.6. The van der Waals surface area contributed by atoms with Gasteiger partial charge in [0.15, 0.2) is 0 Å². The summed E-state index contributed by atoms with van der Waals surface area (Å²) in [6.07, 6.45) is 10.8. The summed E-state index contributed by atoms with van der Waals surface area (Å²) >= 11 is 0. The first-order valence-corrected chi connectivity index (χ1v) is 5.31. The Balaban J connectivity index is 2.06. The van der Waals surface area contributed by atoms with Crippen molar-refractivity contribution in [2.75, 3.05) is 0 Å². The predicted octanol–water partition coefficient (Wildman–Crippen LogP) is 3.16. The third kappa shape index (κ3) is 4.11. The lowest BCUT2D eigenvalue weighted by Crippen LogP contribution is -1.93. The lowest BCUT2D eigenvalue weighted by molar-refractivity contribution is 0.568. The third-order valence-electron chi connectivity index (χ3n) is 2.28. The van der Waals surface area contributed by atoms with Gasteiger partial charge in [-0.1, -0.05) is 32.6 Å². The zero-order chi connectivity index (χ0) is 9.52. The summed E-state index contributed by atoms with van der Waals surface area (Å²) < 4.78 is 2.18. The van der Waals surface area contributed by atoms with Crippen molar-refractivity contribution in [2.24, 2.45) is 0 Å². The summed E-state index contributed by atoms with van der Waals surface area (Å²) in [4.78, 5) is 4.19. The largest absolute Gasteiger partial charge is 0.337 e. The molecule has 0 atom stereocenters. The molecule has 0 saturated heterocycles. The minimum Gasteiger partial charge on any atom is -0.337 e. The number of rotatable bonds is 6. The van der Waals surface area contributed by atoms with Crippen LogP contribution in [-0.2, 0) is 6.54 Å². The van der Waals surface area contributed by atoms with Gasteiger partial charge in [-0.05, 0) is 13.3 Å². The second-order valence-corrected chi connectivity index (χ2v) is 3.67. The van der Waals surface area contributed by atoms with Crippen LogP contribution < -0.4 is 0 Å². The van der Waals surface area contributed by atoms with Crippen molar-refractivity contribution in [3.8, 4) is 0 Å². The van der Waals surface area contributed by atoms with Gasteiger partial charge in [0.05, 0.1) is 12.0 Å². The SMILES string of the molecule is CCCCCCCn1cnc(C)c1. The van der Waals surface area contributed by atoms with Crippen molar-refractivity contribution < 1.29 is 0 Å². The Morgan fingerprint density at radius 1 is 1.23 bits per heavy atom. The fourth-order valence-electron chi connectivity index (χ4n) is 1.49. The van der Waals surface area contributed by atoms with E-state index in [-0.39, 0.29) is 0 Å². The molecule has 0 unspecified atom stereocenters. The van der Waals surface area contributed by atoms with Crippen LogP contribution in [0.15, 0.2) is 12.5 Å². The molecule has 74 valence electrons. The molecule has 13 heavy (non-hydrogen) atoms. The molecule has 2 nitrogen and oxygen atoms in total. The number of aromatic nitrogens is 2. The first-order valence-electron chi connectivity index (χ1n) is 5.31. The molecule has 1 aromatic heterocycles. The molecule has 1 rings (SSSR count). The maximum Gasteiger partial charge on any atom is 0.0949 e. The molecule has 0 N–H and O–H groups in total. The van der Waals surface area contributed by atoms with Gasteiger partial charge >= 0.3 is 0 Å². The number of unbranched alkanes of at least 4 members (excludes halogenated alkanes) is 4. The van der Waals surface area contributed by atoms with Gasteiger partial charge in [-0.25, -0.2) is 4.98 Å². The summed E-state index contributed by atoms with van der Waals surface area (Å²) in [5.41, 5.74) is 1.12. The number of aryl methyl sites for hydroxylation is 2. The number of hydrogen-bond acceptors (Lipinski definition) is 1. The van der Waals surface area contributed by atoms with Gasteiger partial charge in [0.1, 0.15) is 0 Å². The number of nitrogens with zero attached hydrogens (tertiary/aromatic N) is 2. The van der Waals surface area contributed by atoms with E-state index in [0.29, 0.717) is 0 Å². The van der Waals surface area contributed by atoms with Crippen LogP contribution in [0.5, 0.6) is 0 Å². The van der Waals surface area contributed by atoms with E-state index < -0.39 is 0 Å². The topological polar surface area (TPSA) is 17.8 Å². The Hall–Kier alpha value is -0.790. The van der Waals surface area contributed by atoms with Crippen LogP contribution in [0.3, 0.4) is 0 Å². The first kappa shape index (κ1) is 10.3. The fourth-order valence-corrected chi connectivity index (χ4v) is 1.49. The predicted molar refractivity (Wildman–Crippen MR) is 55.7 cm³/mol. The van der Waals surface area contributed by atoms with Crippen molar-refractivity contribution in [3.63, 3.8) is 0 Å². The summed E-state index contributed by atoms with van der Waals surface area (Å²) in [5, 5.41) is 0. The van der Waals surface area contributed by atoms with Crippen molar-refractivity contribution in [1.29, 1.82) is 0 Å². The summed E-state index contributed by atoms with van der Waals surface area (Å²) in [6, 6.07) is 0. The standard InChI is InChI=1S/C11H20N2/c1-3-4-5-6-7-8-13-9-11(2)12-10-13/h9-10H,3-8H2,1-2H3. The van der Waals surface area contributed by atoms with Crippen LogP contribution in [0.4, 0.5) is 0 Å². The summed E-state index contributed by atoms with van der Waals surface area (Å²) in [5.74, 6) is 0. The van der Waals surface area contributed by atoms with Gasteiger partial charge in [0.2, 0.25) is 0 Å². The Kier molecular flexibility index (Phi) is 4.58. The van der Waals surface area contributed by atoms with Crippen LogP contribution in [0.2, 0.25) is 0 Å². The zero-order valence-corrected chi connectivity index (χ0v) is 8.79. The zero-order valence-electron chi connectivity index (χ0n) is 8.79. The van der Waals surface area contributed by atoms with E-state index in [1.54, 1.807) is 0 Å². The second-order valence-electron chi connectivity index (χ2n) is 3.67. The molecular weight excluding hydrogens is 160 g/mol. The van der Waals surface area contributed by atoms with E-state index in [4.69, 9.17) is 0 Å². The molecule has 0 aliphatic rings. The molecule has 0 bridgehead atoms. The average molecular weight is 180 g/mol. The molecule has 0 amide bonds. The molecule has 0 saturated carbocycles. The van der Waals surface area contributed by atoms with Crippen LogP contribution >= 0.6 is 0 Å². The Morgan fingerprint density at radius 3 is 2.62 bits per heavy atom. The highest BCUT2D eigenvalue weighted by molar-refractivity contribution is 4.91. The highest BCUT2D eigenvalue weighted by atomic mass is 15.0. The number of imidazole rings is 1. The van der Waals surface area contributed by atoms with Crippen LogP contribution in [-0.4, -0.2) is 9.55 Å². The van der Waals surface area contributed by atoms with E-state index in [0.717, 1.165) is 12.2 Å². The van der Waals surface area contributed by atoms with E-state index in [2.05, 4.69) is 22.7 Å². The summed E-state index contributed by atoms with van der Waals surface area (Å²) in [7, 11) is 0. The van der Waals surface area contributed by atoms with E-state index in [9.17, 15) is 0 Å². The molecule has 0 spiro atoms. The first-order chi connectivity index (χ1) is 6.33. The molecule has 0 radical (unpaired) electrons. The maximum atomic E-state index is 4.19. The lowest BCUT2D eigenvalue weighted by atomic mass is 10.1. The van der Waals surface area contributed by atoms with Crippen molar-refractivity contribution in [3.05, 3.63) is 18.2 Å². The average Bonchev–Trinajstić information content (AvgIpc) is 2.51. The molecule has 1 aromatic rings. The monoisotopic (exact) mass is 180 g/mol. The highest BCUT2D eigenvalue weighted by Gasteiger charge is 1.93. The van der Waals surface area contributed by atoms with E-state index in [1.807, 2.05) is 13.3 Å². The van der Waals surface area contributed by atoms with Gasteiger partial charge in [-0.2, -0.15) is 0 Å². The Labute approximate surface area is 81.0 Å². The van der Waals surface area contributed by atoms with Gasteiger partial charge in [-0.3, -0.25) is 0 Å². The molecule has 0 fully saturated rings. The molecule has 0 aromatic carbocycles. The molecule has 0 aliphatic carbocycles. The molecule has 1 heterocycles. The molecular formula is C11H20N2. The highest BCUT2D eigenvalue weighted by Crippen LogP contribution is 2.04. The molecule has 0 aliphatic heterocycles. The van der Waals surface area contributed by atoms with Crippen molar-refractivity contribution in [1.82, 2.24) is 9.55 Å². The summed E-state index contributed by atoms with van der Waals surface area (Å²) in [6.45, 7) is 5.41. The number of hydrogen-bond donors (Lipinski definition) is 0. The maximum absolute atomic E-state index is 4.19. The molecule has 2 heteroatoms. The third-order valence-corrected chi connectivity index (χ3v) is 2.28. The quantitative estimate of drug-likeness (QED) is 0.615. The van der Waals surface area contributed by atoms with Gasteiger partial charge in [-0.15, -0.1) is 0 Å². The second kappa shape index (κ2) is 5.79. The van der Waals surface area contributed by atoms with Crippen LogP contribution in [0, 0.1) is 6.92 Å². The van der Waals surface area contributed by atoms with E-state index in [1.165, 1.54) is 32.1 Å². The van der Waals surface area contributed by atoms with Gasteiger partial charge in [0, 0.05) is 12.7 Å².